The highest BCUT2D eigenvalue weighted by Crippen LogP contribution is 2.14. The van der Waals surface area contributed by atoms with Gasteiger partial charge in [0.2, 0.25) is 5.91 Å². The van der Waals surface area contributed by atoms with Crippen LogP contribution in [0.5, 0.6) is 0 Å². The molecule has 5 heteroatoms. The second-order valence-electron chi connectivity index (χ2n) is 3.05. The van der Waals surface area contributed by atoms with E-state index in [1.54, 1.807) is 6.92 Å². The van der Waals surface area contributed by atoms with E-state index < -0.39 is 27.8 Å². The van der Waals surface area contributed by atoms with E-state index in [1.165, 1.54) is 18.2 Å². The predicted octanol–water partition coefficient (Wildman–Crippen LogP) is 1.20. The highest BCUT2D eigenvalue weighted by atomic mass is 32.2. The van der Waals surface area contributed by atoms with Gasteiger partial charge in [-0.15, -0.1) is 0 Å². The van der Waals surface area contributed by atoms with Gasteiger partial charge in [-0.05, 0) is 24.6 Å². The lowest BCUT2D eigenvalue weighted by Gasteiger charge is -2.10. The van der Waals surface area contributed by atoms with Crippen molar-refractivity contribution in [2.24, 2.45) is 5.73 Å². The van der Waals surface area contributed by atoms with E-state index in [-0.39, 0.29) is 0 Å². The fourth-order valence-corrected chi connectivity index (χ4v) is 2.50. The summed E-state index contributed by atoms with van der Waals surface area (Å²) in [6, 6.07) is 5.38. The van der Waals surface area contributed by atoms with Crippen LogP contribution in [-0.4, -0.2) is 15.4 Å². The van der Waals surface area contributed by atoms with Crippen LogP contribution in [0.2, 0.25) is 0 Å². The molecule has 2 unspecified atom stereocenters. The highest BCUT2D eigenvalue weighted by Gasteiger charge is 2.22. The molecule has 3 nitrogen and oxygen atoms in total. The molecule has 0 heterocycles. The van der Waals surface area contributed by atoms with Gasteiger partial charge in [0, 0.05) is 4.90 Å². The topological polar surface area (TPSA) is 60.2 Å². The van der Waals surface area contributed by atoms with E-state index in [1.807, 2.05) is 0 Å². The average molecular weight is 229 g/mol. The fourth-order valence-electron chi connectivity index (χ4n) is 1.21. The summed E-state index contributed by atoms with van der Waals surface area (Å²) in [6.45, 7) is 1.71. The molecule has 1 aromatic rings. The lowest BCUT2D eigenvalue weighted by atomic mass is 10.3. The van der Waals surface area contributed by atoms with Crippen molar-refractivity contribution >= 4 is 16.7 Å². The van der Waals surface area contributed by atoms with Gasteiger partial charge in [-0.1, -0.05) is 13.0 Å². The van der Waals surface area contributed by atoms with E-state index in [4.69, 9.17) is 5.73 Å². The van der Waals surface area contributed by atoms with Gasteiger partial charge in [-0.25, -0.2) is 4.39 Å². The van der Waals surface area contributed by atoms with Gasteiger partial charge in [0.15, 0.2) is 0 Å². The number of carbonyl (C=O) groups is 1. The SMILES string of the molecule is CCC(C(N)=O)S(=O)c1cccc(F)c1. The number of hydrogen-bond donors (Lipinski definition) is 1. The summed E-state index contributed by atoms with van der Waals surface area (Å²) in [5, 5.41) is -0.758. The van der Waals surface area contributed by atoms with Crippen LogP contribution in [0, 0.1) is 5.82 Å². The Labute approximate surface area is 89.9 Å². The standard InChI is InChI=1S/C10H12FNO2S/c1-2-9(10(12)13)15(14)8-5-3-4-7(11)6-8/h3-6,9H,2H2,1H3,(H2,12,13). The fraction of sp³-hybridized carbons (Fsp3) is 0.300. The zero-order valence-corrected chi connectivity index (χ0v) is 9.09. The molecule has 1 aromatic carbocycles. The molecular weight excluding hydrogens is 217 g/mol. The zero-order valence-electron chi connectivity index (χ0n) is 8.27. The number of rotatable bonds is 4. The number of carbonyl (C=O) groups excluding carboxylic acids is 1. The normalized spacial score (nSPS) is 14.5. The third-order valence-corrected chi connectivity index (χ3v) is 3.78. The molecule has 0 saturated heterocycles. The molecule has 15 heavy (non-hydrogen) atoms. The lowest BCUT2D eigenvalue weighted by Crippen LogP contribution is -2.31. The van der Waals surface area contributed by atoms with Crippen LogP contribution in [-0.2, 0) is 15.6 Å². The summed E-state index contributed by atoms with van der Waals surface area (Å²) < 4.78 is 24.7. The van der Waals surface area contributed by atoms with Crippen molar-refractivity contribution in [3.05, 3.63) is 30.1 Å². The molecule has 0 saturated carbocycles. The van der Waals surface area contributed by atoms with Crippen LogP contribution < -0.4 is 5.73 Å². The van der Waals surface area contributed by atoms with Gasteiger partial charge in [-0.3, -0.25) is 9.00 Å². The van der Waals surface area contributed by atoms with E-state index in [0.717, 1.165) is 6.07 Å². The number of amides is 1. The van der Waals surface area contributed by atoms with Gasteiger partial charge in [-0.2, -0.15) is 0 Å². The van der Waals surface area contributed by atoms with Crippen molar-refractivity contribution in [1.29, 1.82) is 0 Å². The summed E-state index contributed by atoms with van der Waals surface area (Å²) in [4.78, 5) is 11.3. The van der Waals surface area contributed by atoms with Crippen LogP contribution in [0.3, 0.4) is 0 Å². The first-order valence-corrected chi connectivity index (χ1v) is 5.73. The molecule has 2 N–H and O–H groups in total. The van der Waals surface area contributed by atoms with Crippen LogP contribution >= 0.6 is 0 Å². The second-order valence-corrected chi connectivity index (χ2v) is 4.69. The van der Waals surface area contributed by atoms with Crippen molar-refractivity contribution in [1.82, 2.24) is 0 Å². The van der Waals surface area contributed by atoms with Crippen molar-refractivity contribution in [2.75, 3.05) is 0 Å². The largest absolute Gasteiger partial charge is 0.369 e. The minimum Gasteiger partial charge on any atom is -0.369 e. The number of primary amides is 1. The third-order valence-electron chi connectivity index (χ3n) is 1.97. The first kappa shape index (κ1) is 11.8. The summed E-state index contributed by atoms with van der Waals surface area (Å²) in [7, 11) is -1.58. The molecule has 82 valence electrons. The lowest BCUT2D eigenvalue weighted by molar-refractivity contribution is -0.117. The Morgan fingerprint density at radius 3 is 2.73 bits per heavy atom. The molecule has 1 amide bonds. The van der Waals surface area contributed by atoms with E-state index in [9.17, 15) is 13.4 Å². The maximum absolute atomic E-state index is 12.8. The van der Waals surface area contributed by atoms with Gasteiger partial charge in [0.25, 0.3) is 0 Å². The van der Waals surface area contributed by atoms with E-state index in [0.29, 0.717) is 11.3 Å². The Kier molecular flexibility index (Phi) is 3.96. The minimum absolute atomic E-state index is 0.292. The average Bonchev–Trinajstić information content (AvgIpc) is 2.18. The molecule has 0 bridgehead atoms. The second kappa shape index (κ2) is 5.02. The molecule has 1 rings (SSSR count). The number of halogens is 1. The minimum atomic E-state index is -1.58. The first-order chi connectivity index (χ1) is 7.06. The molecule has 0 aliphatic carbocycles. The number of benzene rings is 1. The maximum Gasteiger partial charge on any atom is 0.233 e. The van der Waals surface area contributed by atoms with Gasteiger partial charge < -0.3 is 5.73 Å². The van der Waals surface area contributed by atoms with E-state index in [2.05, 4.69) is 0 Å². The number of nitrogens with two attached hydrogens (primary N) is 1. The van der Waals surface area contributed by atoms with E-state index >= 15 is 0 Å². The Morgan fingerprint density at radius 2 is 2.27 bits per heavy atom. The molecule has 0 fully saturated rings. The van der Waals surface area contributed by atoms with Crippen molar-refractivity contribution in [3.63, 3.8) is 0 Å². The molecular formula is C10H12FNO2S. The summed E-state index contributed by atoms with van der Waals surface area (Å²) in [6.07, 6.45) is 0.373. The molecule has 0 spiro atoms. The van der Waals surface area contributed by atoms with Gasteiger partial charge in [0.05, 0.1) is 10.8 Å². The van der Waals surface area contributed by atoms with Gasteiger partial charge >= 0.3 is 0 Å². The smallest absolute Gasteiger partial charge is 0.233 e. The first-order valence-electron chi connectivity index (χ1n) is 4.51. The van der Waals surface area contributed by atoms with Crippen LogP contribution in [0.15, 0.2) is 29.2 Å². The predicted molar refractivity (Wildman–Crippen MR) is 56.1 cm³/mol. The Balaban J connectivity index is 2.98. The number of hydrogen-bond acceptors (Lipinski definition) is 2. The third kappa shape index (κ3) is 2.86. The van der Waals surface area contributed by atoms with Crippen LogP contribution in [0.4, 0.5) is 4.39 Å². The summed E-state index contributed by atoms with van der Waals surface area (Å²) in [5.41, 5.74) is 5.10. The Bertz CT molecular complexity index is 395. The van der Waals surface area contributed by atoms with Crippen molar-refractivity contribution in [3.8, 4) is 0 Å². The Morgan fingerprint density at radius 1 is 1.60 bits per heavy atom. The van der Waals surface area contributed by atoms with Crippen LogP contribution in [0.25, 0.3) is 0 Å². The van der Waals surface area contributed by atoms with Gasteiger partial charge in [0.1, 0.15) is 11.1 Å². The zero-order chi connectivity index (χ0) is 11.4. The molecule has 0 radical (unpaired) electrons. The monoisotopic (exact) mass is 229 g/mol. The highest BCUT2D eigenvalue weighted by molar-refractivity contribution is 7.86. The van der Waals surface area contributed by atoms with Crippen molar-refractivity contribution in [2.45, 2.75) is 23.5 Å². The van der Waals surface area contributed by atoms with Crippen LogP contribution in [0.1, 0.15) is 13.3 Å². The summed E-state index contributed by atoms with van der Waals surface area (Å²) >= 11 is 0. The molecule has 2 atom stereocenters. The molecule has 0 aromatic heterocycles. The molecule has 0 aliphatic rings. The summed E-state index contributed by atoms with van der Waals surface area (Å²) in [5.74, 6) is -1.10. The maximum atomic E-state index is 12.8. The molecule has 0 aliphatic heterocycles. The Hall–Kier alpha value is -1.23. The quantitative estimate of drug-likeness (QED) is 0.843. The van der Waals surface area contributed by atoms with Crippen molar-refractivity contribution < 1.29 is 13.4 Å².